The zero-order valence-corrected chi connectivity index (χ0v) is 14.0. The lowest BCUT2D eigenvalue weighted by molar-refractivity contribution is 0.600. The van der Waals surface area contributed by atoms with E-state index in [4.69, 9.17) is 11.6 Å². The van der Waals surface area contributed by atoms with Crippen LogP contribution in [0.25, 0.3) is 11.4 Å². The Labute approximate surface area is 144 Å². The minimum atomic E-state index is -0.347. The fraction of sp³-hybridized carbons (Fsp3) is 0.167. The molecule has 0 spiro atoms. The van der Waals surface area contributed by atoms with Crippen LogP contribution < -0.4 is 5.32 Å². The molecule has 0 aliphatic heterocycles. The highest BCUT2D eigenvalue weighted by Gasteiger charge is 2.16. The normalized spacial score (nSPS) is 12.0. The number of benzene rings is 1. The first-order valence-electron chi connectivity index (χ1n) is 7.51. The maximum atomic E-state index is 14.1. The van der Waals surface area contributed by atoms with Crippen molar-refractivity contribution in [2.24, 2.45) is 0 Å². The highest BCUT2D eigenvalue weighted by Crippen LogP contribution is 2.28. The number of hydrogen-bond donors (Lipinski definition) is 1. The molecule has 0 amide bonds. The molecule has 0 fully saturated rings. The minimum Gasteiger partial charge on any atom is -0.363 e. The number of hydrogen-bond acceptors (Lipinski definition) is 4. The summed E-state index contributed by atoms with van der Waals surface area (Å²) in [5.41, 5.74) is 2.04. The summed E-state index contributed by atoms with van der Waals surface area (Å²) in [7, 11) is 0. The molecule has 2 heterocycles. The lowest BCUT2D eigenvalue weighted by Crippen LogP contribution is -2.11. The van der Waals surface area contributed by atoms with Crippen LogP contribution in [0.1, 0.15) is 24.2 Å². The fourth-order valence-electron chi connectivity index (χ4n) is 2.48. The van der Waals surface area contributed by atoms with Crippen LogP contribution in [0, 0.1) is 12.7 Å². The summed E-state index contributed by atoms with van der Waals surface area (Å²) in [6.45, 7) is 3.72. The number of pyridine rings is 1. The van der Waals surface area contributed by atoms with Gasteiger partial charge in [0.05, 0.1) is 6.04 Å². The van der Waals surface area contributed by atoms with Crippen LogP contribution in [0.3, 0.4) is 0 Å². The summed E-state index contributed by atoms with van der Waals surface area (Å²) >= 11 is 6.13. The first-order chi connectivity index (χ1) is 11.5. The smallest absolute Gasteiger partial charge is 0.163 e. The van der Waals surface area contributed by atoms with E-state index >= 15 is 0 Å². The van der Waals surface area contributed by atoms with Crippen LogP contribution in [0.15, 0.2) is 48.8 Å². The van der Waals surface area contributed by atoms with Gasteiger partial charge in [0.2, 0.25) is 0 Å². The van der Waals surface area contributed by atoms with E-state index in [9.17, 15) is 4.39 Å². The van der Waals surface area contributed by atoms with E-state index in [1.807, 2.05) is 32.0 Å². The van der Waals surface area contributed by atoms with E-state index in [0.29, 0.717) is 22.2 Å². The van der Waals surface area contributed by atoms with Gasteiger partial charge in [-0.2, -0.15) is 0 Å². The van der Waals surface area contributed by atoms with Gasteiger partial charge in [-0.1, -0.05) is 17.7 Å². The van der Waals surface area contributed by atoms with Crippen molar-refractivity contribution in [3.05, 3.63) is 70.9 Å². The van der Waals surface area contributed by atoms with Crippen LogP contribution in [0.5, 0.6) is 0 Å². The summed E-state index contributed by atoms with van der Waals surface area (Å²) in [4.78, 5) is 13.0. The van der Waals surface area contributed by atoms with E-state index < -0.39 is 0 Å². The van der Waals surface area contributed by atoms with Crippen molar-refractivity contribution in [3.63, 3.8) is 0 Å². The Morgan fingerprint density at radius 1 is 1.17 bits per heavy atom. The molecule has 6 heteroatoms. The molecule has 0 radical (unpaired) electrons. The van der Waals surface area contributed by atoms with Gasteiger partial charge in [0, 0.05) is 40.3 Å². The van der Waals surface area contributed by atoms with E-state index in [2.05, 4.69) is 20.3 Å². The van der Waals surface area contributed by atoms with Crippen LogP contribution in [0.4, 0.5) is 10.2 Å². The maximum absolute atomic E-state index is 14.1. The summed E-state index contributed by atoms with van der Waals surface area (Å²) in [6.07, 6.45) is 3.40. The molecule has 0 saturated heterocycles. The second kappa shape index (κ2) is 6.93. The van der Waals surface area contributed by atoms with Gasteiger partial charge in [-0.15, -0.1) is 0 Å². The van der Waals surface area contributed by atoms with Crippen molar-refractivity contribution in [3.8, 4) is 11.4 Å². The molecule has 0 aliphatic rings. The third-order valence-corrected chi connectivity index (χ3v) is 3.90. The van der Waals surface area contributed by atoms with Crippen LogP contribution in [0.2, 0.25) is 5.02 Å². The van der Waals surface area contributed by atoms with Crippen molar-refractivity contribution in [2.45, 2.75) is 19.9 Å². The van der Waals surface area contributed by atoms with E-state index in [-0.39, 0.29) is 11.9 Å². The molecule has 0 saturated carbocycles. The number of nitrogens with zero attached hydrogens (tertiary/aromatic N) is 3. The predicted octanol–water partition coefficient (Wildman–Crippen LogP) is 4.81. The van der Waals surface area contributed by atoms with Gasteiger partial charge in [-0.05, 0) is 38.1 Å². The summed E-state index contributed by atoms with van der Waals surface area (Å²) < 4.78 is 14.1. The van der Waals surface area contributed by atoms with E-state index in [1.54, 1.807) is 24.5 Å². The molecule has 2 aromatic heterocycles. The number of aryl methyl sites for hydroxylation is 1. The van der Waals surface area contributed by atoms with Crippen molar-refractivity contribution < 1.29 is 4.39 Å². The topological polar surface area (TPSA) is 50.7 Å². The Morgan fingerprint density at radius 2 is 2.00 bits per heavy atom. The fourth-order valence-corrected chi connectivity index (χ4v) is 2.81. The van der Waals surface area contributed by atoms with E-state index in [0.717, 1.165) is 11.3 Å². The van der Waals surface area contributed by atoms with Gasteiger partial charge in [0.1, 0.15) is 11.6 Å². The second-order valence-corrected chi connectivity index (χ2v) is 5.87. The lowest BCUT2D eigenvalue weighted by Gasteiger charge is -2.17. The molecule has 1 aromatic carbocycles. The third kappa shape index (κ3) is 3.51. The predicted molar refractivity (Wildman–Crippen MR) is 93.4 cm³/mol. The van der Waals surface area contributed by atoms with Crippen molar-refractivity contribution in [1.82, 2.24) is 15.0 Å². The minimum absolute atomic E-state index is 0.338. The number of rotatable bonds is 4. The van der Waals surface area contributed by atoms with Crippen molar-refractivity contribution in [1.29, 1.82) is 0 Å². The molecule has 1 atom stereocenters. The Balaban J connectivity index is 1.92. The first kappa shape index (κ1) is 16.3. The molecule has 1 unspecified atom stereocenters. The number of nitrogens with one attached hydrogen (secondary N) is 1. The summed E-state index contributed by atoms with van der Waals surface area (Å²) in [5.74, 6) is 0.825. The molecular formula is C18H16ClFN4. The second-order valence-electron chi connectivity index (χ2n) is 5.46. The Bertz CT molecular complexity index is 835. The highest BCUT2D eigenvalue weighted by molar-refractivity contribution is 6.31. The lowest BCUT2D eigenvalue weighted by atomic mass is 10.1. The molecule has 24 heavy (non-hydrogen) atoms. The quantitative estimate of drug-likeness (QED) is 0.739. The molecular weight excluding hydrogens is 327 g/mol. The van der Waals surface area contributed by atoms with Gasteiger partial charge in [-0.25, -0.2) is 14.4 Å². The SMILES string of the molecule is Cc1cc(NC(C)c2c(F)cccc2Cl)nc(-c2cccnc2)n1. The number of halogens is 2. The van der Waals surface area contributed by atoms with Gasteiger partial charge in [-0.3, -0.25) is 4.98 Å². The van der Waals surface area contributed by atoms with Gasteiger partial charge < -0.3 is 5.32 Å². The molecule has 3 rings (SSSR count). The van der Waals surface area contributed by atoms with Gasteiger partial charge in [0.15, 0.2) is 5.82 Å². The molecule has 3 aromatic rings. The van der Waals surface area contributed by atoms with Crippen LogP contribution in [-0.4, -0.2) is 15.0 Å². The zero-order chi connectivity index (χ0) is 17.1. The average Bonchev–Trinajstić information content (AvgIpc) is 2.55. The van der Waals surface area contributed by atoms with Gasteiger partial charge >= 0.3 is 0 Å². The standard InChI is InChI=1S/C18H16ClFN4/c1-11-9-16(24-18(22-11)13-5-4-8-21-10-13)23-12(2)17-14(19)6-3-7-15(17)20/h3-10,12H,1-2H3,(H,22,23,24). The Morgan fingerprint density at radius 3 is 2.71 bits per heavy atom. The summed E-state index contributed by atoms with van der Waals surface area (Å²) in [5, 5.41) is 3.58. The Hall–Kier alpha value is -2.53. The van der Waals surface area contributed by atoms with Crippen LogP contribution in [-0.2, 0) is 0 Å². The maximum Gasteiger partial charge on any atom is 0.163 e. The zero-order valence-electron chi connectivity index (χ0n) is 13.3. The monoisotopic (exact) mass is 342 g/mol. The molecule has 1 N–H and O–H groups in total. The molecule has 122 valence electrons. The first-order valence-corrected chi connectivity index (χ1v) is 7.89. The van der Waals surface area contributed by atoms with E-state index in [1.165, 1.54) is 6.07 Å². The molecule has 0 aliphatic carbocycles. The molecule has 4 nitrogen and oxygen atoms in total. The Kier molecular flexibility index (Phi) is 4.71. The molecule has 0 bridgehead atoms. The van der Waals surface area contributed by atoms with Gasteiger partial charge in [0.25, 0.3) is 0 Å². The van der Waals surface area contributed by atoms with Crippen molar-refractivity contribution >= 4 is 17.4 Å². The van der Waals surface area contributed by atoms with Crippen molar-refractivity contribution in [2.75, 3.05) is 5.32 Å². The average molecular weight is 343 g/mol. The highest BCUT2D eigenvalue weighted by atomic mass is 35.5. The third-order valence-electron chi connectivity index (χ3n) is 3.57. The van der Waals surface area contributed by atoms with Crippen LogP contribution >= 0.6 is 11.6 Å². The number of anilines is 1. The largest absolute Gasteiger partial charge is 0.363 e. The summed E-state index contributed by atoms with van der Waals surface area (Å²) in [6, 6.07) is 9.85. The number of aromatic nitrogens is 3.